The van der Waals surface area contributed by atoms with Crippen molar-refractivity contribution < 1.29 is 9.53 Å². The number of anilines is 1. The second kappa shape index (κ2) is 6.36. The van der Waals surface area contributed by atoms with Crippen LogP contribution in [-0.2, 0) is 9.53 Å². The van der Waals surface area contributed by atoms with Gasteiger partial charge in [0.05, 0.1) is 19.3 Å². The molecule has 0 bridgehead atoms. The van der Waals surface area contributed by atoms with Crippen molar-refractivity contribution >= 4 is 23.0 Å². The van der Waals surface area contributed by atoms with Crippen molar-refractivity contribution in [2.75, 3.05) is 12.8 Å². The predicted molar refractivity (Wildman–Crippen MR) is 89.8 cm³/mol. The van der Waals surface area contributed by atoms with Gasteiger partial charge in [0.1, 0.15) is 11.5 Å². The van der Waals surface area contributed by atoms with Gasteiger partial charge < -0.3 is 10.5 Å². The molecule has 6 nitrogen and oxygen atoms in total. The fourth-order valence-corrected chi connectivity index (χ4v) is 2.21. The Balaban J connectivity index is 2.45. The number of benzene rings is 1. The minimum absolute atomic E-state index is 0.0580. The van der Waals surface area contributed by atoms with E-state index >= 15 is 0 Å². The quantitative estimate of drug-likeness (QED) is 0.533. The summed E-state index contributed by atoms with van der Waals surface area (Å²) in [6.07, 6.45) is 0. The second-order valence-electron chi connectivity index (χ2n) is 5.28. The van der Waals surface area contributed by atoms with Gasteiger partial charge in [-0.2, -0.15) is 5.10 Å². The smallest absolute Gasteiger partial charge is 0.337 e. The highest BCUT2D eigenvalue weighted by Gasteiger charge is 2.19. The molecule has 2 aromatic rings. The monoisotopic (exact) mass is 310 g/mol. The van der Waals surface area contributed by atoms with Crippen molar-refractivity contribution in [3.63, 3.8) is 0 Å². The maximum Gasteiger partial charge on any atom is 0.337 e. The molecule has 0 amide bonds. The van der Waals surface area contributed by atoms with Crippen LogP contribution in [0.2, 0.25) is 0 Å². The van der Waals surface area contributed by atoms with Crippen molar-refractivity contribution in [2.45, 2.75) is 19.9 Å². The lowest BCUT2D eigenvalue weighted by Crippen LogP contribution is -2.06. The number of carbonyl (C=O) groups is 1. The zero-order chi connectivity index (χ0) is 17.1. The van der Waals surface area contributed by atoms with Gasteiger partial charge in [0.15, 0.2) is 0 Å². The van der Waals surface area contributed by atoms with Crippen LogP contribution in [0.4, 0.5) is 11.5 Å². The van der Waals surface area contributed by atoms with Gasteiger partial charge in [0, 0.05) is 6.04 Å². The average molecular weight is 310 g/mol. The van der Waals surface area contributed by atoms with Gasteiger partial charge >= 0.3 is 5.97 Å². The Morgan fingerprint density at radius 2 is 2.00 bits per heavy atom. The van der Waals surface area contributed by atoms with Crippen LogP contribution in [-0.4, -0.2) is 22.9 Å². The normalized spacial score (nSPS) is 10.4. The maximum atomic E-state index is 11.5. The van der Waals surface area contributed by atoms with Crippen LogP contribution in [0.5, 0.6) is 0 Å². The van der Waals surface area contributed by atoms with E-state index in [4.69, 9.17) is 12.3 Å². The van der Waals surface area contributed by atoms with Crippen LogP contribution in [0.25, 0.3) is 21.7 Å². The molecule has 2 rings (SSSR count). The molecule has 118 valence electrons. The topological polar surface area (TPSA) is 74.5 Å². The zero-order valence-electron chi connectivity index (χ0n) is 13.3. The Hall–Kier alpha value is -3.07. The summed E-state index contributed by atoms with van der Waals surface area (Å²) in [5.41, 5.74) is 8.54. The van der Waals surface area contributed by atoms with Gasteiger partial charge in [-0.1, -0.05) is 30.8 Å². The van der Waals surface area contributed by atoms with E-state index in [1.165, 1.54) is 7.11 Å². The second-order valence-corrected chi connectivity index (χ2v) is 5.28. The van der Waals surface area contributed by atoms with Crippen molar-refractivity contribution in [3.05, 3.63) is 47.8 Å². The Labute approximate surface area is 135 Å². The first-order chi connectivity index (χ1) is 10.9. The Morgan fingerprint density at radius 1 is 1.39 bits per heavy atom. The predicted octanol–water partition coefficient (Wildman–Crippen LogP) is 3.45. The summed E-state index contributed by atoms with van der Waals surface area (Å²) < 4.78 is 6.28. The van der Waals surface area contributed by atoms with E-state index in [2.05, 4.69) is 21.3 Å². The standard InChI is InChI=1S/C17H18N4O2/c1-10(2)21-16(18)15(19-4)14(20-21)13-8-6-12(7-9-13)11(3)17(22)23-5/h6-10H,3,18H2,1-2,5H3. The van der Waals surface area contributed by atoms with Crippen LogP contribution in [0.15, 0.2) is 30.8 Å². The summed E-state index contributed by atoms with van der Waals surface area (Å²) in [4.78, 5) is 15.0. The number of ether oxygens (including phenoxy) is 1. The number of methoxy groups -OCH3 is 1. The summed E-state index contributed by atoms with van der Waals surface area (Å²) in [6.45, 7) is 14.9. The number of nitrogen functional groups attached to an aromatic ring is 1. The van der Waals surface area contributed by atoms with Gasteiger partial charge in [-0.05, 0) is 25.0 Å². The number of hydrogen-bond donors (Lipinski definition) is 1. The number of nitrogens with zero attached hydrogens (tertiary/aromatic N) is 3. The van der Waals surface area contributed by atoms with Crippen LogP contribution in [0, 0.1) is 6.57 Å². The highest BCUT2D eigenvalue weighted by atomic mass is 16.5. The number of esters is 1. The van der Waals surface area contributed by atoms with Crippen LogP contribution < -0.4 is 5.73 Å². The number of hydrogen-bond acceptors (Lipinski definition) is 4. The molecule has 0 saturated heterocycles. The molecule has 1 aromatic heterocycles. The van der Waals surface area contributed by atoms with E-state index in [0.29, 0.717) is 22.8 Å². The molecule has 1 aromatic carbocycles. The molecule has 0 unspecified atom stereocenters. The summed E-state index contributed by atoms with van der Waals surface area (Å²) in [6, 6.07) is 7.11. The number of rotatable bonds is 4. The Bertz CT molecular complexity index is 795. The number of nitrogens with two attached hydrogens (primary N) is 1. The Kier molecular flexibility index (Phi) is 4.51. The molecular weight excluding hydrogens is 292 g/mol. The lowest BCUT2D eigenvalue weighted by Gasteiger charge is -2.07. The average Bonchev–Trinajstić information content (AvgIpc) is 2.90. The largest absolute Gasteiger partial charge is 0.465 e. The maximum absolute atomic E-state index is 11.5. The lowest BCUT2D eigenvalue weighted by molar-refractivity contribution is -0.133. The third kappa shape index (κ3) is 2.94. The van der Waals surface area contributed by atoms with Crippen LogP contribution >= 0.6 is 0 Å². The van der Waals surface area contributed by atoms with Gasteiger partial charge in [-0.25, -0.2) is 9.64 Å². The van der Waals surface area contributed by atoms with E-state index < -0.39 is 5.97 Å². The fraction of sp³-hybridized carbons (Fsp3) is 0.235. The zero-order valence-corrected chi connectivity index (χ0v) is 13.3. The first-order valence-corrected chi connectivity index (χ1v) is 7.04. The van der Waals surface area contributed by atoms with E-state index in [9.17, 15) is 4.79 Å². The van der Waals surface area contributed by atoms with Crippen molar-refractivity contribution in [3.8, 4) is 11.3 Å². The minimum Gasteiger partial charge on any atom is -0.465 e. The van der Waals surface area contributed by atoms with Crippen molar-refractivity contribution in [1.29, 1.82) is 0 Å². The number of carbonyl (C=O) groups excluding carboxylic acids is 1. The van der Waals surface area contributed by atoms with Crippen molar-refractivity contribution in [1.82, 2.24) is 9.78 Å². The highest BCUT2D eigenvalue weighted by molar-refractivity contribution is 6.15. The highest BCUT2D eigenvalue weighted by Crippen LogP contribution is 2.36. The fourth-order valence-electron chi connectivity index (χ4n) is 2.21. The molecule has 0 aliphatic heterocycles. The summed E-state index contributed by atoms with van der Waals surface area (Å²) in [5.74, 6) is -0.124. The molecule has 23 heavy (non-hydrogen) atoms. The molecule has 0 saturated carbocycles. The summed E-state index contributed by atoms with van der Waals surface area (Å²) in [7, 11) is 1.31. The Morgan fingerprint density at radius 3 is 2.48 bits per heavy atom. The summed E-state index contributed by atoms with van der Waals surface area (Å²) >= 11 is 0. The molecule has 0 atom stereocenters. The molecule has 0 radical (unpaired) electrons. The first-order valence-electron chi connectivity index (χ1n) is 7.04. The molecule has 0 fully saturated rings. The van der Waals surface area contributed by atoms with Gasteiger partial charge in [0.2, 0.25) is 0 Å². The molecule has 6 heteroatoms. The molecule has 0 aliphatic rings. The third-order valence-electron chi connectivity index (χ3n) is 3.46. The molecular formula is C17H18N4O2. The van der Waals surface area contributed by atoms with Gasteiger partial charge in [0.25, 0.3) is 5.69 Å². The van der Waals surface area contributed by atoms with E-state index in [-0.39, 0.29) is 11.6 Å². The minimum atomic E-state index is -0.479. The van der Waals surface area contributed by atoms with Crippen molar-refractivity contribution in [2.24, 2.45) is 0 Å². The van der Waals surface area contributed by atoms with Gasteiger partial charge in [-0.15, -0.1) is 0 Å². The van der Waals surface area contributed by atoms with E-state index in [1.807, 2.05) is 13.8 Å². The first kappa shape index (κ1) is 16.3. The lowest BCUT2D eigenvalue weighted by atomic mass is 10.0. The van der Waals surface area contributed by atoms with Gasteiger partial charge in [-0.3, -0.25) is 4.68 Å². The van der Waals surface area contributed by atoms with Crippen LogP contribution in [0.3, 0.4) is 0 Å². The third-order valence-corrected chi connectivity index (χ3v) is 3.46. The molecule has 0 aliphatic carbocycles. The molecule has 1 heterocycles. The SMILES string of the molecule is [C-]#[N+]c1c(-c2ccc(C(=C)C(=O)OC)cc2)nn(C(C)C)c1N. The molecule has 0 spiro atoms. The number of aromatic nitrogens is 2. The van der Waals surface area contributed by atoms with E-state index in [1.54, 1.807) is 28.9 Å². The van der Waals surface area contributed by atoms with E-state index in [0.717, 1.165) is 5.56 Å². The summed E-state index contributed by atoms with van der Waals surface area (Å²) in [5, 5.41) is 4.44. The molecule has 2 N–H and O–H groups in total. The van der Waals surface area contributed by atoms with Crippen LogP contribution in [0.1, 0.15) is 25.5 Å².